The van der Waals surface area contributed by atoms with E-state index in [1.807, 2.05) is 37.5 Å². The first-order valence-electron chi connectivity index (χ1n) is 6.18. The first-order valence-corrected chi connectivity index (χ1v) is 7.71. The van der Waals surface area contributed by atoms with E-state index in [1.165, 1.54) is 0 Å². The number of rotatable bonds is 4. The van der Waals surface area contributed by atoms with E-state index in [0.29, 0.717) is 0 Å². The number of nitrogens with one attached hydrogen (secondary N) is 1. The zero-order valence-corrected chi connectivity index (χ0v) is 12.6. The molecule has 2 rings (SSSR count). The van der Waals surface area contributed by atoms with E-state index in [2.05, 4.69) is 10.4 Å². The highest BCUT2D eigenvalue weighted by Gasteiger charge is 2.26. The number of thioether (sulfide) groups is 1. The van der Waals surface area contributed by atoms with Gasteiger partial charge in [0.2, 0.25) is 0 Å². The molecule has 0 spiro atoms. The molecule has 0 amide bonds. The molecular weight excluding hydrogens is 270 g/mol. The molecule has 0 aliphatic carbocycles. The fraction of sp³-hybridized carbons (Fsp3) is 0.750. The molecule has 0 radical (unpaired) electrons. The Labute approximate surface area is 117 Å². The maximum absolute atomic E-state index is 6.30. The molecule has 0 aromatic carbocycles. The Morgan fingerprint density at radius 3 is 2.94 bits per heavy atom. The lowest BCUT2D eigenvalue weighted by Gasteiger charge is -2.30. The molecule has 1 aromatic heterocycles. The van der Waals surface area contributed by atoms with Crippen LogP contribution in [0.2, 0.25) is 5.02 Å². The van der Waals surface area contributed by atoms with E-state index in [-0.39, 0.29) is 12.1 Å². The van der Waals surface area contributed by atoms with E-state index in [9.17, 15) is 0 Å². The summed E-state index contributed by atoms with van der Waals surface area (Å²) in [7, 11) is 3.92. The summed E-state index contributed by atoms with van der Waals surface area (Å²) in [6.07, 6.45) is 1.10. The minimum atomic E-state index is 0.250. The summed E-state index contributed by atoms with van der Waals surface area (Å²) in [4.78, 5) is 0. The van der Waals surface area contributed by atoms with Gasteiger partial charge >= 0.3 is 0 Å². The van der Waals surface area contributed by atoms with Crippen molar-refractivity contribution in [1.82, 2.24) is 15.1 Å². The van der Waals surface area contributed by atoms with Crippen LogP contribution >= 0.6 is 23.4 Å². The summed E-state index contributed by atoms with van der Waals surface area (Å²) in [5, 5.41) is 8.48. The summed E-state index contributed by atoms with van der Waals surface area (Å²) in [5.41, 5.74) is 1.97. The Bertz CT molecular complexity index is 404. The number of nitrogens with zero attached hydrogens (tertiary/aromatic N) is 2. The first kappa shape index (κ1) is 14.2. The predicted molar refractivity (Wildman–Crippen MR) is 76.6 cm³/mol. The molecule has 0 bridgehead atoms. The van der Waals surface area contributed by atoms with E-state index in [4.69, 9.17) is 16.3 Å². The lowest BCUT2D eigenvalue weighted by atomic mass is 10.1. The third-order valence-electron chi connectivity index (χ3n) is 3.34. The minimum Gasteiger partial charge on any atom is -0.375 e. The SMILES string of the molecule is CNC(Cc1c(Cl)c(C)nn1C)C1CSCCO1. The largest absolute Gasteiger partial charge is 0.375 e. The molecule has 1 fully saturated rings. The molecule has 1 aliphatic rings. The maximum Gasteiger partial charge on any atom is 0.0847 e. The molecule has 102 valence electrons. The Morgan fingerprint density at radius 1 is 1.67 bits per heavy atom. The van der Waals surface area contributed by atoms with E-state index < -0.39 is 0 Å². The second kappa shape index (κ2) is 6.28. The molecule has 1 N–H and O–H groups in total. The van der Waals surface area contributed by atoms with Crippen LogP contribution in [0.5, 0.6) is 0 Å². The van der Waals surface area contributed by atoms with Crippen molar-refractivity contribution in [3.63, 3.8) is 0 Å². The number of aryl methyl sites for hydroxylation is 2. The quantitative estimate of drug-likeness (QED) is 0.915. The highest BCUT2D eigenvalue weighted by Crippen LogP contribution is 2.23. The monoisotopic (exact) mass is 289 g/mol. The van der Waals surface area contributed by atoms with Crippen LogP contribution in [0.25, 0.3) is 0 Å². The number of hydrogen-bond donors (Lipinski definition) is 1. The second-order valence-electron chi connectivity index (χ2n) is 4.55. The third kappa shape index (κ3) is 3.02. The summed E-state index contributed by atoms with van der Waals surface area (Å²) in [5.74, 6) is 2.14. The molecule has 0 saturated carbocycles. The Kier molecular flexibility index (Phi) is 4.95. The summed E-state index contributed by atoms with van der Waals surface area (Å²) < 4.78 is 7.71. The maximum atomic E-state index is 6.30. The lowest BCUT2D eigenvalue weighted by molar-refractivity contribution is 0.0487. The van der Waals surface area contributed by atoms with Crippen molar-refractivity contribution >= 4 is 23.4 Å². The van der Waals surface area contributed by atoms with Gasteiger partial charge in [0.15, 0.2) is 0 Å². The van der Waals surface area contributed by atoms with Gasteiger partial charge in [-0.1, -0.05) is 11.6 Å². The van der Waals surface area contributed by atoms with Crippen molar-refractivity contribution in [1.29, 1.82) is 0 Å². The van der Waals surface area contributed by atoms with Gasteiger partial charge in [-0.3, -0.25) is 4.68 Å². The zero-order chi connectivity index (χ0) is 13.1. The van der Waals surface area contributed by atoms with Gasteiger partial charge in [-0.05, 0) is 14.0 Å². The van der Waals surface area contributed by atoms with Gasteiger partial charge in [0.25, 0.3) is 0 Å². The average Bonchev–Trinajstić information content (AvgIpc) is 2.62. The number of likely N-dealkylation sites (N-methyl/N-ethyl adjacent to an activating group) is 1. The molecule has 18 heavy (non-hydrogen) atoms. The standard InChI is InChI=1S/C12H20ClN3OS/c1-8-12(13)10(16(3)15-8)6-9(14-2)11-7-18-5-4-17-11/h9,11,14H,4-7H2,1-3H3. The minimum absolute atomic E-state index is 0.250. The number of hydrogen-bond acceptors (Lipinski definition) is 4. The molecule has 1 aromatic rings. The fourth-order valence-corrected chi connectivity index (χ4v) is 3.45. The molecule has 1 saturated heterocycles. The molecule has 2 unspecified atom stereocenters. The average molecular weight is 290 g/mol. The smallest absolute Gasteiger partial charge is 0.0847 e. The van der Waals surface area contributed by atoms with Crippen LogP contribution in [0.15, 0.2) is 0 Å². The zero-order valence-electron chi connectivity index (χ0n) is 11.1. The van der Waals surface area contributed by atoms with Crippen molar-refractivity contribution in [2.75, 3.05) is 25.2 Å². The van der Waals surface area contributed by atoms with Crippen LogP contribution < -0.4 is 5.32 Å². The van der Waals surface area contributed by atoms with Gasteiger partial charge in [-0.25, -0.2) is 0 Å². The fourth-order valence-electron chi connectivity index (χ4n) is 2.27. The van der Waals surface area contributed by atoms with Gasteiger partial charge in [0.05, 0.1) is 29.1 Å². The van der Waals surface area contributed by atoms with Crippen molar-refractivity contribution < 1.29 is 4.74 Å². The molecule has 6 heteroatoms. The van der Waals surface area contributed by atoms with Gasteiger partial charge in [-0.15, -0.1) is 0 Å². The highest BCUT2D eigenvalue weighted by molar-refractivity contribution is 7.99. The lowest BCUT2D eigenvalue weighted by Crippen LogP contribution is -2.45. The van der Waals surface area contributed by atoms with Gasteiger partial charge in [-0.2, -0.15) is 16.9 Å². The summed E-state index contributed by atoms with van der Waals surface area (Å²) >= 11 is 8.25. The topological polar surface area (TPSA) is 39.1 Å². The van der Waals surface area contributed by atoms with Crippen LogP contribution in [-0.4, -0.2) is 47.1 Å². The van der Waals surface area contributed by atoms with E-state index in [0.717, 1.165) is 40.9 Å². The normalized spacial score (nSPS) is 22.1. The van der Waals surface area contributed by atoms with Crippen LogP contribution in [0.3, 0.4) is 0 Å². The molecule has 1 aliphatic heterocycles. The third-order valence-corrected chi connectivity index (χ3v) is 4.85. The Balaban J connectivity index is 2.09. The molecular formula is C12H20ClN3OS. The van der Waals surface area contributed by atoms with Crippen LogP contribution in [0, 0.1) is 6.92 Å². The van der Waals surface area contributed by atoms with E-state index in [1.54, 1.807) is 0 Å². The van der Waals surface area contributed by atoms with Crippen LogP contribution in [-0.2, 0) is 18.2 Å². The summed E-state index contributed by atoms with van der Waals surface area (Å²) in [6.45, 7) is 2.78. The number of ether oxygens (including phenoxy) is 1. The van der Waals surface area contributed by atoms with Gasteiger partial charge < -0.3 is 10.1 Å². The van der Waals surface area contributed by atoms with Crippen molar-refractivity contribution in [2.24, 2.45) is 7.05 Å². The van der Waals surface area contributed by atoms with E-state index >= 15 is 0 Å². The van der Waals surface area contributed by atoms with Crippen molar-refractivity contribution in [2.45, 2.75) is 25.5 Å². The van der Waals surface area contributed by atoms with Gasteiger partial charge in [0.1, 0.15) is 0 Å². The van der Waals surface area contributed by atoms with Crippen LogP contribution in [0.4, 0.5) is 0 Å². The number of aromatic nitrogens is 2. The first-order chi connectivity index (χ1) is 8.63. The Morgan fingerprint density at radius 2 is 2.44 bits per heavy atom. The van der Waals surface area contributed by atoms with Crippen molar-refractivity contribution in [3.05, 3.63) is 16.4 Å². The van der Waals surface area contributed by atoms with Gasteiger partial charge in [0, 0.05) is 31.0 Å². The van der Waals surface area contributed by atoms with Crippen LogP contribution in [0.1, 0.15) is 11.4 Å². The second-order valence-corrected chi connectivity index (χ2v) is 6.08. The molecule has 2 heterocycles. The number of halogens is 1. The predicted octanol–water partition coefficient (Wildman–Crippen LogP) is 1.64. The molecule has 2 atom stereocenters. The Hall–Kier alpha value is -0.230. The molecule has 4 nitrogen and oxygen atoms in total. The van der Waals surface area contributed by atoms with Crippen molar-refractivity contribution in [3.8, 4) is 0 Å². The highest BCUT2D eigenvalue weighted by atomic mass is 35.5. The summed E-state index contributed by atoms with van der Waals surface area (Å²) in [6, 6.07) is 0.283.